The SMILES string of the molecule is CC(C)(C)OC(=O)CC(NC(=O)C1CCCN(C(=O)CCC2CCN(C(=O)OC(C)(C)C)CC2)C1)c1cncc(C=CCCc2cccc(OCCF)c2)c1. The normalized spacial score (nSPS) is 17.5. The van der Waals surface area contributed by atoms with Crippen LogP contribution < -0.4 is 10.1 Å². The standard InChI is InChI=1S/C43H61FN4O7/c1-42(2,3)54-39(50)27-37(35-25-33(28-45-29-35)12-8-7-11-32-13-9-15-36(26-32)53-24-20-44)46-40(51)34-14-10-21-48(30-34)38(49)17-16-31-18-22-47(23-19-31)41(52)55-43(4,5)6/h8-9,12-13,15,25-26,28-29,31,34,37H,7,10-11,14,16-24,27,30H2,1-6H3,(H,46,51). The van der Waals surface area contributed by atoms with Gasteiger partial charge in [0.1, 0.15) is 30.2 Å². The number of amides is 3. The fourth-order valence-corrected chi connectivity index (χ4v) is 6.90. The second kappa shape index (κ2) is 20.4. The molecule has 2 aliphatic heterocycles. The Bertz CT molecular complexity index is 1610. The first kappa shape index (κ1) is 43.3. The summed E-state index contributed by atoms with van der Waals surface area (Å²) in [6, 6.07) is 8.87. The van der Waals surface area contributed by atoms with Crippen LogP contribution in [0.25, 0.3) is 6.08 Å². The largest absolute Gasteiger partial charge is 0.491 e. The van der Waals surface area contributed by atoms with Crippen molar-refractivity contribution in [1.82, 2.24) is 20.1 Å². The first-order valence-electron chi connectivity index (χ1n) is 19.8. The molecule has 302 valence electrons. The van der Waals surface area contributed by atoms with E-state index in [2.05, 4.69) is 10.3 Å². The van der Waals surface area contributed by atoms with Gasteiger partial charge in [-0.1, -0.05) is 24.3 Å². The van der Waals surface area contributed by atoms with Crippen LogP contribution in [0, 0.1) is 11.8 Å². The van der Waals surface area contributed by atoms with E-state index in [1.807, 2.05) is 63.3 Å². The van der Waals surface area contributed by atoms with Crippen LogP contribution in [-0.2, 0) is 30.3 Å². The van der Waals surface area contributed by atoms with E-state index in [4.69, 9.17) is 14.2 Å². The highest BCUT2D eigenvalue weighted by molar-refractivity contribution is 5.82. The lowest BCUT2D eigenvalue weighted by atomic mass is 9.91. The van der Waals surface area contributed by atoms with Gasteiger partial charge in [0.25, 0.3) is 0 Å². The molecule has 1 aromatic heterocycles. The number of hydrogen-bond acceptors (Lipinski definition) is 8. The van der Waals surface area contributed by atoms with Crippen molar-refractivity contribution in [1.29, 1.82) is 0 Å². The maximum Gasteiger partial charge on any atom is 0.410 e. The Balaban J connectivity index is 1.33. The number of benzene rings is 1. The molecule has 0 aliphatic carbocycles. The Morgan fingerprint density at radius 1 is 0.964 bits per heavy atom. The Hall–Kier alpha value is -4.48. The number of esters is 1. The predicted molar refractivity (Wildman–Crippen MR) is 210 cm³/mol. The van der Waals surface area contributed by atoms with Crippen LogP contribution in [-0.4, -0.2) is 89.3 Å². The predicted octanol–water partition coefficient (Wildman–Crippen LogP) is 7.63. The Kier molecular flexibility index (Phi) is 16.1. The summed E-state index contributed by atoms with van der Waals surface area (Å²) >= 11 is 0. The number of likely N-dealkylation sites (tertiary alicyclic amines) is 2. The van der Waals surface area contributed by atoms with Crippen molar-refractivity contribution in [2.75, 3.05) is 39.5 Å². The summed E-state index contributed by atoms with van der Waals surface area (Å²) in [7, 11) is 0. The number of ether oxygens (including phenoxy) is 3. The number of piperidine rings is 2. The van der Waals surface area contributed by atoms with Crippen molar-refractivity contribution in [3.05, 3.63) is 65.5 Å². The van der Waals surface area contributed by atoms with Crippen molar-refractivity contribution < 1.29 is 37.8 Å². The number of allylic oxidation sites excluding steroid dienone is 1. The zero-order valence-corrected chi connectivity index (χ0v) is 33.6. The van der Waals surface area contributed by atoms with Gasteiger partial charge in [-0.25, -0.2) is 9.18 Å². The summed E-state index contributed by atoms with van der Waals surface area (Å²) in [6.45, 7) is 12.7. The first-order valence-corrected chi connectivity index (χ1v) is 19.8. The molecule has 1 N–H and O–H groups in total. The molecule has 55 heavy (non-hydrogen) atoms. The quantitative estimate of drug-likeness (QED) is 0.184. The van der Waals surface area contributed by atoms with Gasteiger partial charge < -0.3 is 29.3 Å². The van der Waals surface area contributed by atoms with Gasteiger partial charge in [-0.2, -0.15) is 0 Å². The fraction of sp³-hybridized carbons (Fsp3) is 0.605. The molecule has 2 atom stereocenters. The minimum atomic E-state index is -0.688. The third kappa shape index (κ3) is 15.3. The van der Waals surface area contributed by atoms with Crippen molar-refractivity contribution in [3.8, 4) is 5.75 Å². The number of pyridine rings is 1. The molecule has 2 saturated heterocycles. The van der Waals surface area contributed by atoms with Gasteiger partial charge in [0.15, 0.2) is 0 Å². The van der Waals surface area contributed by atoms with Gasteiger partial charge in [-0.05, 0) is 127 Å². The van der Waals surface area contributed by atoms with E-state index >= 15 is 0 Å². The Labute approximate surface area is 326 Å². The van der Waals surface area contributed by atoms with Crippen LogP contribution in [0.4, 0.5) is 9.18 Å². The van der Waals surface area contributed by atoms with Crippen LogP contribution >= 0.6 is 0 Å². The summed E-state index contributed by atoms with van der Waals surface area (Å²) < 4.78 is 29.0. The second-order valence-corrected chi connectivity index (χ2v) is 16.7. The average molecular weight is 765 g/mol. The maximum absolute atomic E-state index is 13.8. The van der Waals surface area contributed by atoms with E-state index in [0.717, 1.165) is 43.2 Å². The topological polar surface area (TPSA) is 127 Å². The van der Waals surface area contributed by atoms with E-state index in [1.54, 1.807) is 43.0 Å². The number of aromatic nitrogens is 1. The number of hydrogen-bond donors (Lipinski definition) is 1. The molecule has 2 aliphatic rings. The third-order valence-corrected chi connectivity index (χ3v) is 9.62. The van der Waals surface area contributed by atoms with Crippen LogP contribution in [0.3, 0.4) is 0 Å². The number of alkyl halides is 1. The van der Waals surface area contributed by atoms with Crippen molar-refractivity contribution in [2.24, 2.45) is 11.8 Å². The Morgan fingerprint density at radius 3 is 2.42 bits per heavy atom. The summed E-state index contributed by atoms with van der Waals surface area (Å²) in [5.74, 6) is -0.0162. The van der Waals surface area contributed by atoms with Crippen LogP contribution in [0.1, 0.15) is 116 Å². The highest BCUT2D eigenvalue weighted by atomic mass is 19.1. The van der Waals surface area contributed by atoms with E-state index < -0.39 is 35.8 Å². The summed E-state index contributed by atoms with van der Waals surface area (Å²) in [4.78, 5) is 60.6. The number of nitrogens with one attached hydrogen (secondary N) is 1. The molecule has 2 unspecified atom stereocenters. The minimum absolute atomic E-state index is 0.0301. The highest BCUT2D eigenvalue weighted by Crippen LogP contribution is 2.27. The van der Waals surface area contributed by atoms with Gasteiger partial charge in [0.05, 0.1) is 18.4 Å². The van der Waals surface area contributed by atoms with Crippen molar-refractivity contribution in [2.45, 2.75) is 117 Å². The zero-order valence-electron chi connectivity index (χ0n) is 33.6. The van der Waals surface area contributed by atoms with E-state index in [0.29, 0.717) is 62.7 Å². The monoisotopic (exact) mass is 764 g/mol. The van der Waals surface area contributed by atoms with Crippen LogP contribution in [0.5, 0.6) is 5.75 Å². The maximum atomic E-state index is 13.8. The van der Waals surface area contributed by atoms with Gasteiger partial charge in [0.2, 0.25) is 11.8 Å². The molecular weight excluding hydrogens is 703 g/mol. The number of rotatable bonds is 15. The lowest BCUT2D eigenvalue weighted by Crippen LogP contribution is -2.46. The lowest BCUT2D eigenvalue weighted by Gasteiger charge is -2.35. The van der Waals surface area contributed by atoms with Crippen LogP contribution in [0.2, 0.25) is 0 Å². The molecule has 0 spiro atoms. The molecule has 1 aromatic carbocycles. The molecule has 2 fully saturated rings. The smallest absolute Gasteiger partial charge is 0.410 e. The summed E-state index contributed by atoms with van der Waals surface area (Å²) in [5, 5.41) is 3.11. The molecular formula is C43H61FN4O7. The number of carbonyl (C=O) groups is 4. The van der Waals surface area contributed by atoms with Gasteiger partial charge >= 0.3 is 12.1 Å². The number of carbonyl (C=O) groups excluding carboxylic acids is 4. The zero-order chi connectivity index (χ0) is 40.0. The summed E-state index contributed by atoms with van der Waals surface area (Å²) in [6.07, 6.45) is 12.7. The minimum Gasteiger partial charge on any atom is -0.491 e. The molecule has 0 radical (unpaired) electrons. The van der Waals surface area contributed by atoms with E-state index in [-0.39, 0.29) is 30.9 Å². The van der Waals surface area contributed by atoms with Crippen molar-refractivity contribution in [3.63, 3.8) is 0 Å². The van der Waals surface area contributed by atoms with Crippen LogP contribution in [0.15, 0.2) is 48.8 Å². The van der Waals surface area contributed by atoms with Crippen molar-refractivity contribution >= 4 is 30.0 Å². The fourth-order valence-electron chi connectivity index (χ4n) is 6.90. The number of halogens is 1. The molecule has 3 heterocycles. The first-order chi connectivity index (χ1) is 26.1. The number of aryl methyl sites for hydroxylation is 1. The van der Waals surface area contributed by atoms with Gasteiger partial charge in [-0.15, -0.1) is 0 Å². The molecule has 2 aromatic rings. The van der Waals surface area contributed by atoms with Gasteiger partial charge in [-0.3, -0.25) is 19.4 Å². The van der Waals surface area contributed by atoms with E-state index in [9.17, 15) is 23.6 Å². The third-order valence-electron chi connectivity index (χ3n) is 9.62. The van der Waals surface area contributed by atoms with Gasteiger partial charge in [0, 0.05) is 45.0 Å². The second-order valence-electron chi connectivity index (χ2n) is 16.7. The molecule has 0 bridgehead atoms. The molecule has 4 rings (SSSR count). The molecule has 3 amide bonds. The molecule has 11 nitrogen and oxygen atoms in total. The lowest BCUT2D eigenvalue weighted by molar-refractivity contribution is -0.155. The molecule has 0 saturated carbocycles. The van der Waals surface area contributed by atoms with E-state index in [1.165, 1.54) is 0 Å². The Morgan fingerprint density at radius 2 is 1.71 bits per heavy atom. The highest BCUT2D eigenvalue weighted by Gasteiger charge is 2.32. The molecule has 12 heteroatoms. The average Bonchev–Trinajstić information content (AvgIpc) is 3.13. The number of nitrogens with zero attached hydrogens (tertiary/aromatic N) is 3. The summed E-state index contributed by atoms with van der Waals surface area (Å²) in [5.41, 5.74) is 1.36.